The van der Waals surface area contributed by atoms with Crippen molar-refractivity contribution < 1.29 is 15.0 Å². The molecule has 4 aromatic rings. The summed E-state index contributed by atoms with van der Waals surface area (Å²) in [6.45, 7) is 3.04. The second-order valence-corrected chi connectivity index (χ2v) is 11.0. The van der Waals surface area contributed by atoms with Gasteiger partial charge in [0.05, 0.1) is 30.1 Å². The summed E-state index contributed by atoms with van der Waals surface area (Å²) in [5.74, 6) is 0.207. The molecule has 2 aromatic carbocycles. The van der Waals surface area contributed by atoms with Crippen LogP contribution in [-0.4, -0.2) is 58.9 Å². The monoisotopic (exact) mass is 527 g/mol. The van der Waals surface area contributed by atoms with Gasteiger partial charge in [-0.15, -0.1) is 0 Å². The predicted molar refractivity (Wildman–Crippen MR) is 146 cm³/mol. The molecule has 2 aromatic heterocycles. The number of benzene rings is 2. The number of fused-ring (bicyclic) bond motifs is 2. The molecule has 202 valence electrons. The number of nitrogens with zero attached hydrogens (tertiary/aromatic N) is 5. The van der Waals surface area contributed by atoms with Crippen LogP contribution in [-0.2, 0) is 17.8 Å². The molecule has 2 N–H and O–H groups in total. The summed E-state index contributed by atoms with van der Waals surface area (Å²) in [5.41, 5.74) is 3.54. The van der Waals surface area contributed by atoms with Crippen molar-refractivity contribution in [2.45, 2.75) is 63.2 Å². The number of piperidine rings is 1. The van der Waals surface area contributed by atoms with E-state index in [9.17, 15) is 19.8 Å². The number of imidazole rings is 1. The number of aryl methyl sites for hydroxylation is 1. The van der Waals surface area contributed by atoms with Gasteiger partial charge in [0.15, 0.2) is 0 Å². The van der Waals surface area contributed by atoms with Crippen LogP contribution in [0, 0.1) is 0 Å². The highest BCUT2D eigenvalue weighted by atomic mass is 16.3. The van der Waals surface area contributed by atoms with Crippen LogP contribution in [0.3, 0.4) is 0 Å². The molecule has 1 fully saturated rings. The third-order valence-electron chi connectivity index (χ3n) is 8.34. The molecule has 0 bridgehead atoms. The van der Waals surface area contributed by atoms with Gasteiger partial charge >= 0.3 is 0 Å². The molecule has 9 heteroatoms. The Balaban J connectivity index is 1.13. The number of carbonyl (C=O) groups excluding carboxylic acids is 1. The number of aliphatic hydroxyl groups excluding tert-OH is 1. The molecule has 1 aliphatic carbocycles. The first-order valence-electron chi connectivity index (χ1n) is 13.6. The number of aromatic nitrogens is 4. The van der Waals surface area contributed by atoms with E-state index in [1.165, 1.54) is 15.4 Å². The molecule has 0 spiro atoms. The largest absolute Gasteiger partial charge is 0.388 e. The van der Waals surface area contributed by atoms with Gasteiger partial charge in [-0.1, -0.05) is 49.4 Å². The van der Waals surface area contributed by atoms with Crippen molar-refractivity contribution in [1.29, 1.82) is 0 Å². The minimum absolute atomic E-state index is 0.0830. The van der Waals surface area contributed by atoms with Gasteiger partial charge in [-0.05, 0) is 54.4 Å². The van der Waals surface area contributed by atoms with Crippen molar-refractivity contribution in [1.82, 2.24) is 24.1 Å². The minimum atomic E-state index is -1.11. The van der Waals surface area contributed by atoms with Crippen LogP contribution in [0.15, 0.2) is 65.8 Å². The van der Waals surface area contributed by atoms with E-state index in [2.05, 4.69) is 17.0 Å². The average molecular weight is 528 g/mol. The van der Waals surface area contributed by atoms with E-state index >= 15 is 0 Å². The highest BCUT2D eigenvalue weighted by Crippen LogP contribution is 2.34. The number of hydrogen-bond donors (Lipinski definition) is 2. The Morgan fingerprint density at radius 1 is 1.15 bits per heavy atom. The molecule has 1 unspecified atom stereocenters. The minimum Gasteiger partial charge on any atom is -0.388 e. The molecule has 9 nitrogen and oxygen atoms in total. The fourth-order valence-corrected chi connectivity index (χ4v) is 5.91. The molecule has 0 saturated carbocycles. The van der Waals surface area contributed by atoms with Crippen LogP contribution >= 0.6 is 0 Å². The maximum absolute atomic E-state index is 13.3. The molecule has 0 radical (unpaired) electrons. The third kappa shape index (κ3) is 4.88. The number of likely N-dealkylation sites (tertiary alicyclic amines) is 1. The summed E-state index contributed by atoms with van der Waals surface area (Å²) in [7, 11) is 0. The highest BCUT2D eigenvalue weighted by molar-refractivity contribution is 5.77. The summed E-state index contributed by atoms with van der Waals surface area (Å²) in [5, 5.41) is 25.9. The van der Waals surface area contributed by atoms with E-state index in [1.807, 2.05) is 53.4 Å². The lowest BCUT2D eigenvalue weighted by Gasteiger charge is -2.38. The SMILES string of the molecule is C[C@H](CC(=O)N1CCC(O)(Cn2cnn3c(-c4ccc5c(c4)CCC5O)cnc3c2=O)CC1)c1ccccc1. The Kier molecular flexibility index (Phi) is 6.56. The fraction of sp³-hybridized carbons (Fsp3) is 0.400. The topological polar surface area (TPSA) is 113 Å². The standard InChI is InChI=1S/C30H33N5O4/c1-20(21-5-3-2-4-6-21)15-27(37)33-13-11-30(39,12-14-33)18-34-19-32-35-25(17-31-28(35)29(34)38)23-7-9-24-22(16-23)8-10-26(24)36/h2-7,9,16-17,19-20,26,36,39H,8,10-15,18H2,1H3/t20-,26?/m1/s1. The van der Waals surface area contributed by atoms with E-state index in [-0.39, 0.29) is 29.6 Å². The summed E-state index contributed by atoms with van der Waals surface area (Å²) >= 11 is 0. The van der Waals surface area contributed by atoms with E-state index in [0.29, 0.717) is 38.0 Å². The maximum Gasteiger partial charge on any atom is 0.296 e. The van der Waals surface area contributed by atoms with Crippen LogP contribution in [0.5, 0.6) is 0 Å². The first kappa shape index (κ1) is 25.5. The van der Waals surface area contributed by atoms with Crippen LogP contribution in [0.4, 0.5) is 0 Å². The molecular formula is C30H33N5O4. The molecule has 1 saturated heterocycles. The van der Waals surface area contributed by atoms with Gasteiger partial charge < -0.3 is 15.1 Å². The Hall–Kier alpha value is -3.82. The summed E-state index contributed by atoms with van der Waals surface area (Å²) < 4.78 is 2.95. The lowest BCUT2D eigenvalue weighted by atomic mass is 9.90. The first-order valence-corrected chi connectivity index (χ1v) is 13.6. The van der Waals surface area contributed by atoms with Crippen molar-refractivity contribution in [3.05, 3.63) is 88.1 Å². The van der Waals surface area contributed by atoms with Crippen molar-refractivity contribution in [3.8, 4) is 11.3 Å². The van der Waals surface area contributed by atoms with Crippen molar-refractivity contribution in [2.75, 3.05) is 13.1 Å². The van der Waals surface area contributed by atoms with Crippen LogP contribution in [0.2, 0.25) is 0 Å². The molecule has 6 rings (SSSR count). The number of aliphatic hydroxyl groups is 2. The Morgan fingerprint density at radius 3 is 2.69 bits per heavy atom. The molecule has 3 heterocycles. The predicted octanol–water partition coefficient (Wildman–Crippen LogP) is 3.08. The average Bonchev–Trinajstić information content (AvgIpc) is 3.55. The van der Waals surface area contributed by atoms with Crippen LogP contribution < -0.4 is 5.56 Å². The smallest absolute Gasteiger partial charge is 0.296 e. The molecule has 2 atom stereocenters. The summed E-state index contributed by atoms with van der Waals surface area (Å²) in [6.07, 6.45) is 5.40. The van der Waals surface area contributed by atoms with Crippen LogP contribution in [0.1, 0.15) is 61.3 Å². The molecular weight excluding hydrogens is 494 g/mol. The zero-order valence-electron chi connectivity index (χ0n) is 22.0. The maximum atomic E-state index is 13.3. The summed E-state index contributed by atoms with van der Waals surface area (Å²) in [4.78, 5) is 32.3. The first-order chi connectivity index (χ1) is 18.8. The zero-order chi connectivity index (χ0) is 27.1. The van der Waals surface area contributed by atoms with Gasteiger partial charge in [-0.3, -0.25) is 14.2 Å². The fourth-order valence-electron chi connectivity index (χ4n) is 5.91. The van der Waals surface area contributed by atoms with Gasteiger partial charge in [-0.2, -0.15) is 5.10 Å². The zero-order valence-corrected chi connectivity index (χ0v) is 22.0. The Bertz CT molecular complexity index is 1570. The van der Waals surface area contributed by atoms with Crippen molar-refractivity contribution in [3.63, 3.8) is 0 Å². The lowest BCUT2D eigenvalue weighted by Crippen LogP contribution is -2.50. The molecule has 1 aliphatic heterocycles. The third-order valence-corrected chi connectivity index (χ3v) is 8.34. The Labute approximate surface area is 226 Å². The van der Waals surface area contributed by atoms with Crippen LogP contribution in [0.25, 0.3) is 16.9 Å². The number of hydrogen-bond acceptors (Lipinski definition) is 6. The Morgan fingerprint density at radius 2 is 1.92 bits per heavy atom. The van der Waals surface area contributed by atoms with E-state index in [1.54, 1.807) is 6.20 Å². The van der Waals surface area contributed by atoms with Crippen molar-refractivity contribution in [2.24, 2.45) is 0 Å². The number of amides is 1. The highest BCUT2D eigenvalue weighted by Gasteiger charge is 2.35. The van der Waals surface area contributed by atoms with Gasteiger partial charge in [0.2, 0.25) is 11.6 Å². The summed E-state index contributed by atoms with van der Waals surface area (Å²) in [6, 6.07) is 15.9. The molecule has 2 aliphatic rings. The van der Waals surface area contributed by atoms with E-state index < -0.39 is 11.7 Å². The number of rotatable bonds is 6. The molecule has 1 amide bonds. The lowest BCUT2D eigenvalue weighted by molar-refractivity contribution is -0.136. The molecule has 39 heavy (non-hydrogen) atoms. The van der Waals surface area contributed by atoms with Gasteiger partial charge in [0.25, 0.3) is 5.56 Å². The second kappa shape index (κ2) is 10.1. The number of carbonyl (C=O) groups is 1. The quantitative estimate of drug-likeness (QED) is 0.399. The van der Waals surface area contributed by atoms with E-state index in [0.717, 1.165) is 35.1 Å². The second-order valence-electron chi connectivity index (χ2n) is 11.0. The van der Waals surface area contributed by atoms with Gasteiger partial charge in [0.1, 0.15) is 6.33 Å². The normalized spacial score (nSPS) is 19.3. The van der Waals surface area contributed by atoms with E-state index in [4.69, 9.17) is 0 Å². The van der Waals surface area contributed by atoms with Gasteiger partial charge in [0, 0.05) is 25.1 Å². The van der Waals surface area contributed by atoms with Crippen molar-refractivity contribution >= 4 is 11.6 Å². The van der Waals surface area contributed by atoms with Gasteiger partial charge in [-0.25, -0.2) is 9.50 Å².